The number of carboxylic acid groups (broad SMARTS) is 1. The van der Waals surface area contributed by atoms with Crippen LogP contribution in [-0.4, -0.2) is 39.7 Å². The van der Waals surface area contributed by atoms with Crippen LogP contribution in [0.3, 0.4) is 0 Å². The van der Waals surface area contributed by atoms with Crippen molar-refractivity contribution in [1.82, 2.24) is 20.6 Å². The maximum atomic E-state index is 11.4. The zero-order valence-electron chi connectivity index (χ0n) is 9.85. The fourth-order valence-electron chi connectivity index (χ4n) is 1.31. The third-order valence-electron chi connectivity index (χ3n) is 2.22. The number of nitrogens with zero attached hydrogens (tertiary/aromatic N) is 1. The molecule has 0 saturated carbocycles. The Morgan fingerprint density at radius 1 is 1.61 bits per heavy atom. The first-order valence-corrected chi connectivity index (χ1v) is 5.48. The first-order chi connectivity index (χ1) is 8.63. The van der Waals surface area contributed by atoms with Gasteiger partial charge in [-0.05, 0) is 6.42 Å². The number of carbonyl (C=O) groups is 2. The fourth-order valence-corrected chi connectivity index (χ4v) is 1.31. The van der Waals surface area contributed by atoms with Crippen molar-refractivity contribution >= 4 is 12.0 Å². The molecule has 0 bridgehead atoms. The first-order valence-electron chi connectivity index (χ1n) is 5.48. The van der Waals surface area contributed by atoms with Crippen LogP contribution < -0.4 is 10.6 Å². The summed E-state index contributed by atoms with van der Waals surface area (Å²) in [6.07, 6.45) is 5.43. The largest absolute Gasteiger partial charge is 0.480 e. The number of urea groups is 1. The van der Waals surface area contributed by atoms with Gasteiger partial charge in [-0.1, -0.05) is 6.08 Å². The standard InChI is InChI=1S/C11H16N4O3/c1-2-3-4-13-11(18)15-9(10(16)17)5-8-6-12-7-14-8/h2,6-7,9H,1,3-5H2,(H,12,14)(H,16,17)(H2,13,15,18)/t9-/m1/s1. The summed E-state index contributed by atoms with van der Waals surface area (Å²) < 4.78 is 0. The predicted octanol–water partition coefficient (Wildman–Crippen LogP) is 0.281. The summed E-state index contributed by atoms with van der Waals surface area (Å²) >= 11 is 0. The van der Waals surface area contributed by atoms with Crippen LogP contribution in [0.15, 0.2) is 25.2 Å². The van der Waals surface area contributed by atoms with E-state index in [4.69, 9.17) is 5.11 Å². The number of carbonyl (C=O) groups excluding carboxylic acids is 1. The molecule has 1 heterocycles. The third kappa shape index (κ3) is 4.69. The Balaban J connectivity index is 2.45. The summed E-state index contributed by atoms with van der Waals surface area (Å²) in [5.41, 5.74) is 0.647. The van der Waals surface area contributed by atoms with E-state index in [9.17, 15) is 9.59 Å². The summed E-state index contributed by atoms with van der Waals surface area (Å²) in [7, 11) is 0. The maximum absolute atomic E-state index is 11.4. The number of imidazole rings is 1. The van der Waals surface area contributed by atoms with Gasteiger partial charge in [-0.3, -0.25) is 0 Å². The van der Waals surface area contributed by atoms with E-state index in [1.165, 1.54) is 12.5 Å². The fraction of sp³-hybridized carbons (Fsp3) is 0.364. The van der Waals surface area contributed by atoms with Gasteiger partial charge in [0.25, 0.3) is 0 Å². The molecule has 0 unspecified atom stereocenters. The Labute approximate surface area is 104 Å². The summed E-state index contributed by atoms with van der Waals surface area (Å²) in [5, 5.41) is 13.9. The van der Waals surface area contributed by atoms with E-state index in [-0.39, 0.29) is 6.42 Å². The summed E-state index contributed by atoms with van der Waals surface area (Å²) in [5.74, 6) is -1.09. The van der Waals surface area contributed by atoms with E-state index in [1.54, 1.807) is 6.08 Å². The van der Waals surface area contributed by atoms with Crippen molar-refractivity contribution in [2.45, 2.75) is 18.9 Å². The van der Waals surface area contributed by atoms with Gasteiger partial charge >= 0.3 is 12.0 Å². The minimum atomic E-state index is -1.09. The number of carboxylic acids is 1. The van der Waals surface area contributed by atoms with Crippen molar-refractivity contribution in [2.75, 3.05) is 6.54 Å². The number of aliphatic carboxylic acids is 1. The molecule has 7 heteroatoms. The van der Waals surface area contributed by atoms with E-state index in [1.807, 2.05) is 0 Å². The summed E-state index contributed by atoms with van der Waals surface area (Å²) in [4.78, 5) is 29.0. The number of aromatic nitrogens is 2. The van der Waals surface area contributed by atoms with E-state index in [0.717, 1.165) is 0 Å². The van der Waals surface area contributed by atoms with E-state index >= 15 is 0 Å². The van der Waals surface area contributed by atoms with Crippen molar-refractivity contribution in [2.24, 2.45) is 0 Å². The third-order valence-corrected chi connectivity index (χ3v) is 2.22. The second-order valence-electron chi connectivity index (χ2n) is 3.65. The molecule has 98 valence electrons. The Kier molecular flexibility index (Phi) is 5.43. The van der Waals surface area contributed by atoms with Crippen LogP contribution in [0.1, 0.15) is 12.1 Å². The monoisotopic (exact) mass is 252 g/mol. The van der Waals surface area contributed by atoms with Gasteiger partial charge < -0.3 is 20.7 Å². The number of hydrogen-bond acceptors (Lipinski definition) is 3. The van der Waals surface area contributed by atoms with E-state index in [2.05, 4.69) is 27.2 Å². The molecule has 1 aromatic rings. The average Bonchev–Trinajstić information content (AvgIpc) is 2.81. The molecule has 0 aliphatic heterocycles. The molecule has 0 fully saturated rings. The molecule has 1 atom stereocenters. The minimum Gasteiger partial charge on any atom is -0.480 e. The highest BCUT2D eigenvalue weighted by Crippen LogP contribution is 1.98. The number of amides is 2. The highest BCUT2D eigenvalue weighted by atomic mass is 16.4. The van der Waals surface area contributed by atoms with E-state index < -0.39 is 18.0 Å². The molecule has 0 spiro atoms. The van der Waals surface area contributed by atoms with Crippen LogP contribution in [0.25, 0.3) is 0 Å². The van der Waals surface area contributed by atoms with Crippen LogP contribution in [0.2, 0.25) is 0 Å². The van der Waals surface area contributed by atoms with Gasteiger partial charge in [0.2, 0.25) is 0 Å². The molecule has 2 amide bonds. The highest BCUT2D eigenvalue weighted by Gasteiger charge is 2.20. The Hall–Kier alpha value is -2.31. The van der Waals surface area contributed by atoms with Crippen LogP contribution >= 0.6 is 0 Å². The minimum absolute atomic E-state index is 0.157. The second-order valence-corrected chi connectivity index (χ2v) is 3.65. The zero-order chi connectivity index (χ0) is 13.4. The lowest BCUT2D eigenvalue weighted by atomic mass is 10.2. The second kappa shape index (κ2) is 7.10. The highest BCUT2D eigenvalue weighted by molar-refractivity contribution is 5.82. The zero-order valence-corrected chi connectivity index (χ0v) is 9.85. The number of aromatic amines is 1. The summed E-state index contributed by atoms with van der Waals surface area (Å²) in [6.45, 7) is 3.94. The van der Waals surface area contributed by atoms with Crippen molar-refractivity contribution in [3.8, 4) is 0 Å². The van der Waals surface area contributed by atoms with Gasteiger partial charge in [0, 0.05) is 24.9 Å². The molecule has 7 nitrogen and oxygen atoms in total. The van der Waals surface area contributed by atoms with Crippen LogP contribution in [0.5, 0.6) is 0 Å². The van der Waals surface area contributed by atoms with E-state index in [0.29, 0.717) is 18.7 Å². The number of rotatable bonds is 7. The molecular formula is C11H16N4O3. The number of H-pyrrole nitrogens is 1. The van der Waals surface area contributed by atoms with Crippen molar-refractivity contribution in [3.63, 3.8) is 0 Å². The molecule has 1 aromatic heterocycles. The predicted molar refractivity (Wildman–Crippen MR) is 65.1 cm³/mol. The maximum Gasteiger partial charge on any atom is 0.326 e. The molecule has 0 radical (unpaired) electrons. The quantitative estimate of drug-likeness (QED) is 0.413. The molecule has 0 aliphatic carbocycles. The molecule has 18 heavy (non-hydrogen) atoms. The Morgan fingerprint density at radius 3 is 2.94 bits per heavy atom. The molecule has 0 aliphatic rings. The Bertz CT molecular complexity index is 402. The molecule has 0 aromatic carbocycles. The first kappa shape index (κ1) is 13.8. The lowest BCUT2D eigenvalue weighted by molar-refractivity contribution is -0.139. The lowest BCUT2D eigenvalue weighted by Gasteiger charge is -2.14. The average molecular weight is 252 g/mol. The van der Waals surface area contributed by atoms with Gasteiger partial charge in [0.1, 0.15) is 6.04 Å². The van der Waals surface area contributed by atoms with Crippen LogP contribution in [0.4, 0.5) is 4.79 Å². The van der Waals surface area contributed by atoms with Crippen molar-refractivity contribution in [3.05, 3.63) is 30.9 Å². The van der Waals surface area contributed by atoms with Crippen molar-refractivity contribution in [1.29, 1.82) is 0 Å². The topological polar surface area (TPSA) is 107 Å². The molecule has 1 rings (SSSR count). The van der Waals surface area contributed by atoms with Gasteiger partial charge in [-0.25, -0.2) is 14.6 Å². The smallest absolute Gasteiger partial charge is 0.326 e. The van der Waals surface area contributed by atoms with Gasteiger partial charge in [0.05, 0.1) is 6.33 Å². The molecule has 0 saturated heterocycles. The normalized spacial score (nSPS) is 11.6. The Morgan fingerprint density at radius 2 is 2.39 bits per heavy atom. The number of nitrogens with one attached hydrogen (secondary N) is 3. The summed E-state index contributed by atoms with van der Waals surface area (Å²) in [6, 6.07) is -1.50. The van der Waals surface area contributed by atoms with Crippen molar-refractivity contribution < 1.29 is 14.7 Å². The van der Waals surface area contributed by atoms with Crippen LogP contribution in [0, 0.1) is 0 Å². The van der Waals surface area contributed by atoms with Gasteiger partial charge in [-0.15, -0.1) is 6.58 Å². The van der Waals surface area contributed by atoms with Gasteiger partial charge in [-0.2, -0.15) is 0 Å². The lowest BCUT2D eigenvalue weighted by Crippen LogP contribution is -2.47. The van der Waals surface area contributed by atoms with Crippen LogP contribution in [-0.2, 0) is 11.2 Å². The molecule has 4 N–H and O–H groups in total. The van der Waals surface area contributed by atoms with Gasteiger partial charge in [0.15, 0.2) is 0 Å². The number of hydrogen-bond donors (Lipinski definition) is 4. The molecular weight excluding hydrogens is 236 g/mol. The SMILES string of the molecule is C=CCCNC(=O)N[C@H](Cc1cnc[nH]1)C(=O)O.